The molecule has 0 saturated carbocycles. The molecule has 10 aromatic rings. The van der Waals surface area contributed by atoms with Gasteiger partial charge in [-0.3, -0.25) is 9.59 Å². The third-order valence-corrected chi connectivity index (χ3v) is 14.2. The number of hydrogen-bond donors (Lipinski definition) is 9. The first-order chi connectivity index (χ1) is 39.2. The number of aliphatic carboxylic acids is 1. The maximum absolute atomic E-state index is 12.8. The SMILES string of the molecule is NCc1ccc(COc2nc(N)nc3nc[nH]c23)cc1.[C-]#[N+]/C(=C\c1cc2ccc(N(C)CCO)cc2s1)C(=O)NCc1ccc(COc2nc(N)nc3nc[nH]c23)cc1.[C-]#[N+]/C(=C\c1cc2ccc(N(C)CCO)cc2s1)C(=O)O. The van der Waals surface area contributed by atoms with Gasteiger partial charge in [0, 0.05) is 70.8 Å². The number of likely N-dealkylation sites (N-methyl/N-ethyl adjacent to an activating group) is 2. The highest BCUT2D eigenvalue weighted by molar-refractivity contribution is 7.20. The van der Waals surface area contributed by atoms with Crippen molar-refractivity contribution in [3.05, 3.63) is 176 Å². The van der Waals surface area contributed by atoms with E-state index in [9.17, 15) is 14.7 Å². The molecular formula is C56H54N16O7S2. The molecular weight excluding hydrogens is 1070 g/mol. The van der Waals surface area contributed by atoms with E-state index < -0.39 is 11.9 Å². The van der Waals surface area contributed by atoms with Gasteiger partial charge in [-0.1, -0.05) is 60.7 Å². The van der Waals surface area contributed by atoms with Crippen molar-refractivity contribution in [2.45, 2.75) is 26.3 Å². The monoisotopic (exact) mass is 1130 g/mol. The number of benzene rings is 4. The molecule has 0 aliphatic rings. The maximum atomic E-state index is 12.8. The minimum Gasteiger partial charge on any atom is -0.486 e. The summed E-state index contributed by atoms with van der Waals surface area (Å²) in [7, 11) is 3.82. The van der Waals surface area contributed by atoms with Crippen LogP contribution < -0.4 is 41.8 Å². The van der Waals surface area contributed by atoms with Crippen LogP contribution in [0.5, 0.6) is 11.8 Å². The number of aromatic nitrogens is 8. The number of fused-ring (bicyclic) bond motifs is 4. The van der Waals surface area contributed by atoms with Crippen LogP contribution >= 0.6 is 22.7 Å². The maximum Gasteiger partial charge on any atom is 0.333 e. The molecule has 81 heavy (non-hydrogen) atoms. The lowest BCUT2D eigenvalue weighted by atomic mass is 10.1. The number of anilines is 4. The van der Waals surface area contributed by atoms with Gasteiger partial charge in [0.1, 0.15) is 24.2 Å². The van der Waals surface area contributed by atoms with Crippen molar-refractivity contribution in [1.82, 2.24) is 45.2 Å². The minimum atomic E-state index is -1.22. The Morgan fingerprint density at radius 2 is 1.10 bits per heavy atom. The zero-order chi connectivity index (χ0) is 57.4. The van der Waals surface area contributed by atoms with Crippen LogP contribution in [-0.2, 0) is 35.9 Å². The Hall–Kier alpha value is -10.0. The molecule has 412 valence electrons. The third kappa shape index (κ3) is 15.0. The number of nitrogen functional groups attached to an aromatic ring is 2. The molecule has 0 fully saturated rings. The van der Waals surface area contributed by atoms with E-state index in [4.69, 9.17) is 50.0 Å². The van der Waals surface area contributed by atoms with E-state index in [2.05, 4.69) is 54.9 Å². The molecule has 12 N–H and O–H groups in total. The summed E-state index contributed by atoms with van der Waals surface area (Å²) in [5.74, 6) is -0.718. The first kappa shape index (κ1) is 57.2. The highest BCUT2D eigenvalue weighted by Crippen LogP contribution is 2.33. The van der Waals surface area contributed by atoms with Crippen molar-refractivity contribution in [3.63, 3.8) is 0 Å². The summed E-state index contributed by atoms with van der Waals surface area (Å²) < 4.78 is 13.5. The zero-order valence-electron chi connectivity index (χ0n) is 43.7. The van der Waals surface area contributed by atoms with Crippen LogP contribution in [0.1, 0.15) is 32.0 Å². The van der Waals surface area contributed by atoms with Gasteiger partial charge in [-0.15, -0.1) is 22.7 Å². The molecule has 0 aliphatic carbocycles. The Labute approximate surface area is 471 Å². The lowest BCUT2D eigenvalue weighted by molar-refractivity contribution is -0.132. The average Bonchev–Trinajstić information content (AvgIpc) is 4.52. The number of carboxylic acid groups (broad SMARTS) is 1. The summed E-state index contributed by atoms with van der Waals surface area (Å²) in [5.41, 5.74) is 24.6. The minimum absolute atomic E-state index is 0.0171. The van der Waals surface area contributed by atoms with Crippen LogP contribution in [0.25, 0.3) is 64.3 Å². The van der Waals surface area contributed by atoms with Crippen molar-refractivity contribution >= 4 is 112 Å². The zero-order valence-corrected chi connectivity index (χ0v) is 45.3. The number of amides is 1. The molecule has 1 amide bonds. The Morgan fingerprint density at radius 3 is 1.53 bits per heavy atom. The third-order valence-electron chi connectivity index (χ3n) is 12.1. The lowest BCUT2D eigenvalue weighted by Crippen LogP contribution is -2.23. The van der Waals surface area contributed by atoms with Gasteiger partial charge in [0.2, 0.25) is 23.7 Å². The smallest absolute Gasteiger partial charge is 0.333 e. The first-order valence-corrected chi connectivity index (χ1v) is 26.3. The van der Waals surface area contributed by atoms with E-state index in [1.54, 1.807) is 6.08 Å². The number of rotatable bonds is 19. The molecule has 6 aromatic heterocycles. The number of carbonyl (C=O) groups is 2. The fourth-order valence-electron chi connectivity index (χ4n) is 7.77. The van der Waals surface area contributed by atoms with Crippen molar-refractivity contribution in [3.8, 4) is 11.8 Å². The number of carboxylic acids is 1. The van der Waals surface area contributed by atoms with E-state index in [1.807, 2.05) is 121 Å². The summed E-state index contributed by atoms with van der Waals surface area (Å²) >= 11 is 2.94. The standard InChI is InChI=1S/C28H26N8O3S.C15H14N2O3S.C13H14N6O/c1-30-22(13-21-11-19-7-8-20(12-23(19)40-21)36(2)9-10-37)26(38)31-14-17-3-5-18(6-4-17)15-39-27-24-25(33-16-32-24)34-28(29)35-27;1-16-13(15(19)20)9-12-7-10-3-4-11(8-14(10)21-12)17(2)5-6-18;14-5-8-1-3-9(4-2-8)6-20-12-10-11(17-7-16-10)18-13(15)19-12/h3-8,11-13,16,37H,9-10,14-15H2,2H3,(H,31,38)(H3,29,32,33,34,35);3-4,7-9,18H,5-6H2,2H3,(H,19,20);1-4,7H,5-6,14H2,(H3,15,16,17,18,19)/b22-13-;13-9-;. The number of carbonyl (C=O) groups excluding carboxylic acids is 1. The summed E-state index contributed by atoms with van der Waals surface area (Å²) in [6.45, 7) is 17.1. The molecule has 0 radical (unpaired) electrons. The summed E-state index contributed by atoms with van der Waals surface area (Å²) in [6.07, 6.45) is 6.03. The number of imidazole rings is 2. The van der Waals surface area contributed by atoms with E-state index in [0.29, 0.717) is 60.3 Å². The molecule has 4 aromatic carbocycles. The van der Waals surface area contributed by atoms with Gasteiger partial charge in [-0.2, -0.15) is 19.9 Å². The predicted octanol–water partition coefficient (Wildman–Crippen LogP) is 7.38. The average molecular weight is 1130 g/mol. The van der Waals surface area contributed by atoms with Gasteiger partial charge in [-0.25, -0.2) is 19.7 Å². The first-order valence-electron chi connectivity index (χ1n) is 24.7. The highest BCUT2D eigenvalue weighted by Gasteiger charge is 2.15. The molecule has 23 nitrogen and oxygen atoms in total. The molecule has 0 bridgehead atoms. The summed E-state index contributed by atoms with van der Waals surface area (Å²) in [6, 6.07) is 31.2. The van der Waals surface area contributed by atoms with Crippen LogP contribution in [0, 0.1) is 13.1 Å². The Balaban J connectivity index is 0.000000176. The van der Waals surface area contributed by atoms with Crippen LogP contribution in [0.3, 0.4) is 0 Å². The molecule has 10 rings (SSSR count). The van der Waals surface area contributed by atoms with Gasteiger partial charge in [-0.05, 0) is 81.6 Å². The Morgan fingerprint density at radius 1 is 0.654 bits per heavy atom. The van der Waals surface area contributed by atoms with Crippen molar-refractivity contribution in [2.75, 3.05) is 61.7 Å². The van der Waals surface area contributed by atoms with Gasteiger partial charge in [0.25, 0.3) is 17.3 Å². The van der Waals surface area contributed by atoms with Gasteiger partial charge in [0.05, 0.1) is 39.0 Å². The van der Waals surface area contributed by atoms with Crippen LogP contribution in [0.15, 0.2) is 121 Å². The van der Waals surface area contributed by atoms with Crippen molar-refractivity contribution < 1.29 is 34.4 Å². The van der Waals surface area contributed by atoms with Gasteiger partial charge >= 0.3 is 5.97 Å². The van der Waals surface area contributed by atoms with Crippen molar-refractivity contribution in [2.24, 2.45) is 5.73 Å². The summed E-state index contributed by atoms with van der Waals surface area (Å²) in [4.78, 5) is 65.8. The normalized spacial score (nSPS) is 11.3. The number of aliphatic hydroxyl groups is 2. The van der Waals surface area contributed by atoms with Gasteiger partial charge < -0.3 is 67.1 Å². The number of nitrogens with one attached hydrogen (secondary N) is 3. The number of aromatic amines is 2. The molecule has 25 heteroatoms. The van der Waals surface area contributed by atoms with E-state index >= 15 is 0 Å². The number of aliphatic hydroxyl groups excluding tert-OH is 2. The molecule has 0 unspecified atom stereocenters. The van der Waals surface area contributed by atoms with E-state index in [1.165, 1.54) is 41.4 Å². The number of hydrogen-bond acceptors (Lipinski definition) is 19. The van der Waals surface area contributed by atoms with Crippen LogP contribution in [0.2, 0.25) is 0 Å². The molecule has 0 spiro atoms. The molecule has 6 heterocycles. The summed E-state index contributed by atoms with van der Waals surface area (Å²) in [5, 5.41) is 31.9. The number of nitrogens with two attached hydrogens (primary N) is 3. The van der Waals surface area contributed by atoms with Gasteiger partial charge in [0.15, 0.2) is 11.3 Å². The van der Waals surface area contributed by atoms with E-state index in [0.717, 1.165) is 63.6 Å². The Bertz CT molecular complexity index is 3970. The van der Waals surface area contributed by atoms with Crippen LogP contribution in [0.4, 0.5) is 23.3 Å². The predicted molar refractivity (Wildman–Crippen MR) is 315 cm³/mol. The molecule has 0 aliphatic heterocycles. The van der Waals surface area contributed by atoms with Crippen molar-refractivity contribution in [1.29, 1.82) is 0 Å². The molecule has 0 saturated heterocycles. The number of nitrogens with zero attached hydrogens (tertiary/aromatic N) is 10. The lowest BCUT2D eigenvalue weighted by Gasteiger charge is -2.17. The number of thiophene rings is 2. The topological polar surface area (TPSA) is 328 Å². The van der Waals surface area contributed by atoms with Crippen LogP contribution in [-0.4, -0.2) is 107 Å². The second-order valence-electron chi connectivity index (χ2n) is 17.7. The Kier molecular flexibility index (Phi) is 19.1. The second-order valence-corrected chi connectivity index (χ2v) is 19.9. The largest absolute Gasteiger partial charge is 0.486 e. The number of ether oxygens (including phenoxy) is 2. The fourth-order valence-corrected chi connectivity index (χ4v) is 9.84. The number of H-pyrrole nitrogens is 2. The second kappa shape index (κ2) is 27.0. The highest BCUT2D eigenvalue weighted by atomic mass is 32.1. The quantitative estimate of drug-likeness (QED) is 0.0282. The molecule has 0 atom stereocenters. The fraction of sp³-hybridized carbons (Fsp3) is 0.179. The van der Waals surface area contributed by atoms with E-state index in [-0.39, 0.29) is 49.7 Å².